The fourth-order valence-corrected chi connectivity index (χ4v) is 3.17. The molecule has 0 saturated heterocycles. The summed E-state index contributed by atoms with van der Waals surface area (Å²) in [7, 11) is 1.74. The Bertz CT molecular complexity index is 922. The Morgan fingerprint density at radius 2 is 2.07 bits per heavy atom. The van der Waals surface area contributed by atoms with Crippen LogP contribution in [0.5, 0.6) is 5.75 Å². The van der Waals surface area contributed by atoms with Crippen LogP contribution in [-0.2, 0) is 22.7 Å². The maximum absolute atomic E-state index is 12.3. The molecule has 0 fully saturated rings. The lowest BCUT2D eigenvalue weighted by molar-refractivity contribution is -0.385. The topological polar surface area (TPSA) is 93.9 Å². The average Bonchev–Trinajstić information content (AvgIpc) is 2.64. The lowest BCUT2D eigenvalue weighted by Gasteiger charge is -2.23. The second-order valence-corrected chi connectivity index (χ2v) is 7.12. The third kappa shape index (κ3) is 4.90. The molecular formula is C18H17Cl2N3O5. The number of fused-ring (bicyclic) bond motifs is 1. The van der Waals surface area contributed by atoms with Crippen molar-refractivity contribution >= 4 is 40.5 Å². The van der Waals surface area contributed by atoms with E-state index in [2.05, 4.69) is 5.32 Å². The largest absolute Gasteiger partial charge is 0.467 e. The summed E-state index contributed by atoms with van der Waals surface area (Å²) in [5.41, 5.74) is 1.72. The first-order valence-electron chi connectivity index (χ1n) is 8.27. The normalized spacial score (nSPS) is 13.0. The van der Waals surface area contributed by atoms with Crippen LogP contribution < -0.4 is 10.1 Å². The number of carbonyl (C=O) groups excluding carboxylic acids is 1. The quantitative estimate of drug-likeness (QED) is 0.557. The van der Waals surface area contributed by atoms with Crippen LogP contribution in [0, 0.1) is 10.1 Å². The van der Waals surface area contributed by atoms with E-state index in [0.717, 1.165) is 0 Å². The number of non-ortho nitro benzene ring substituents is 1. The minimum absolute atomic E-state index is 0.0449. The van der Waals surface area contributed by atoms with Gasteiger partial charge in [0, 0.05) is 35.5 Å². The summed E-state index contributed by atoms with van der Waals surface area (Å²) < 4.78 is 10.7. The van der Waals surface area contributed by atoms with Crippen molar-refractivity contribution in [3.63, 3.8) is 0 Å². The number of benzene rings is 2. The van der Waals surface area contributed by atoms with E-state index < -0.39 is 4.92 Å². The molecule has 2 aromatic rings. The summed E-state index contributed by atoms with van der Waals surface area (Å²) in [6.07, 6.45) is 0. The molecule has 0 spiro atoms. The van der Waals surface area contributed by atoms with E-state index in [1.807, 2.05) is 0 Å². The predicted molar refractivity (Wildman–Crippen MR) is 105 cm³/mol. The first-order valence-corrected chi connectivity index (χ1v) is 9.03. The van der Waals surface area contributed by atoms with Crippen molar-refractivity contribution in [1.29, 1.82) is 0 Å². The monoisotopic (exact) mass is 425 g/mol. The van der Waals surface area contributed by atoms with Crippen LogP contribution in [0.1, 0.15) is 11.1 Å². The van der Waals surface area contributed by atoms with E-state index in [-0.39, 0.29) is 31.5 Å². The highest BCUT2D eigenvalue weighted by Crippen LogP contribution is 2.33. The SMILES string of the molecule is CN(CC(=O)Nc1ccc(Cl)c(Cl)c1)Cc1cc([N+](=O)[O-])cc2c1OCOC2. The van der Waals surface area contributed by atoms with Gasteiger partial charge in [-0.05, 0) is 25.2 Å². The molecule has 0 bridgehead atoms. The van der Waals surface area contributed by atoms with Crippen molar-refractivity contribution in [2.24, 2.45) is 0 Å². The molecule has 10 heteroatoms. The van der Waals surface area contributed by atoms with E-state index in [4.69, 9.17) is 32.7 Å². The zero-order valence-electron chi connectivity index (χ0n) is 14.9. The smallest absolute Gasteiger partial charge is 0.270 e. The van der Waals surface area contributed by atoms with Crippen molar-refractivity contribution in [2.75, 3.05) is 25.7 Å². The Balaban J connectivity index is 1.69. The van der Waals surface area contributed by atoms with Gasteiger partial charge in [0.25, 0.3) is 5.69 Å². The lowest BCUT2D eigenvalue weighted by Crippen LogP contribution is -2.30. The number of hydrogen-bond acceptors (Lipinski definition) is 6. The van der Waals surface area contributed by atoms with Gasteiger partial charge in [0.1, 0.15) is 5.75 Å². The number of likely N-dealkylation sites (N-methyl/N-ethyl adjacent to an activating group) is 1. The molecule has 0 aliphatic carbocycles. The number of halogens is 2. The summed E-state index contributed by atoms with van der Waals surface area (Å²) in [4.78, 5) is 24.7. The second-order valence-electron chi connectivity index (χ2n) is 6.31. The molecule has 0 aromatic heterocycles. The van der Waals surface area contributed by atoms with E-state index in [0.29, 0.717) is 39.2 Å². The molecule has 0 atom stereocenters. The fraction of sp³-hybridized carbons (Fsp3) is 0.278. The van der Waals surface area contributed by atoms with Crippen LogP contribution in [0.15, 0.2) is 30.3 Å². The van der Waals surface area contributed by atoms with E-state index in [1.165, 1.54) is 12.1 Å². The van der Waals surface area contributed by atoms with E-state index in [1.54, 1.807) is 30.1 Å². The molecule has 1 aliphatic heterocycles. The van der Waals surface area contributed by atoms with Crippen LogP contribution >= 0.6 is 23.2 Å². The Morgan fingerprint density at radius 3 is 2.79 bits per heavy atom. The molecule has 2 aromatic carbocycles. The fourth-order valence-electron chi connectivity index (χ4n) is 2.87. The minimum atomic E-state index is -0.463. The first kappa shape index (κ1) is 20.3. The third-order valence-electron chi connectivity index (χ3n) is 4.04. The molecule has 1 N–H and O–H groups in total. The van der Waals surface area contributed by atoms with Crippen LogP contribution in [0.4, 0.5) is 11.4 Å². The molecule has 148 valence electrons. The number of rotatable bonds is 6. The van der Waals surface area contributed by atoms with Crippen molar-refractivity contribution < 1.29 is 19.2 Å². The molecule has 0 saturated carbocycles. The van der Waals surface area contributed by atoms with Gasteiger partial charge >= 0.3 is 0 Å². The van der Waals surface area contributed by atoms with Crippen LogP contribution in [0.2, 0.25) is 10.0 Å². The number of anilines is 1. The first-order chi connectivity index (χ1) is 13.3. The molecule has 1 amide bonds. The number of nitrogens with zero attached hydrogens (tertiary/aromatic N) is 2. The molecule has 1 aliphatic rings. The zero-order valence-corrected chi connectivity index (χ0v) is 16.4. The van der Waals surface area contributed by atoms with Crippen LogP contribution in [0.25, 0.3) is 0 Å². The summed E-state index contributed by atoms with van der Waals surface area (Å²) in [6, 6.07) is 7.70. The number of nitrogens with one attached hydrogen (secondary N) is 1. The number of nitro benzene ring substituents is 1. The molecular weight excluding hydrogens is 409 g/mol. The molecule has 28 heavy (non-hydrogen) atoms. The molecule has 1 heterocycles. The predicted octanol–water partition coefficient (Wildman–Crippen LogP) is 3.84. The number of amides is 1. The number of hydrogen-bond donors (Lipinski definition) is 1. The van der Waals surface area contributed by atoms with Gasteiger partial charge in [-0.25, -0.2) is 0 Å². The van der Waals surface area contributed by atoms with Crippen molar-refractivity contribution in [3.05, 3.63) is 61.6 Å². The highest BCUT2D eigenvalue weighted by Gasteiger charge is 2.22. The second kappa shape index (κ2) is 8.74. The van der Waals surface area contributed by atoms with Gasteiger partial charge in [-0.3, -0.25) is 19.8 Å². The summed E-state index contributed by atoms with van der Waals surface area (Å²) in [5, 5.41) is 14.7. The summed E-state index contributed by atoms with van der Waals surface area (Å²) >= 11 is 11.8. The maximum atomic E-state index is 12.3. The Labute approximate surface area is 171 Å². The number of carbonyl (C=O) groups is 1. The van der Waals surface area contributed by atoms with Crippen LogP contribution in [0.3, 0.4) is 0 Å². The Kier molecular flexibility index (Phi) is 6.35. The van der Waals surface area contributed by atoms with Gasteiger partial charge in [-0.2, -0.15) is 0 Å². The van der Waals surface area contributed by atoms with E-state index in [9.17, 15) is 14.9 Å². The van der Waals surface area contributed by atoms with Crippen molar-refractivity contribution in [1.82, 2.24) is 4.90 Å². The van der Waals surface area contributed by atoms with Gasteiger partial charge in [0.05, 0.1) is 28.1 Å². The highest BCUT2D eigenvalue weighted by molar-refractivity contribution is 6.42. The van der Waals surface area contributed by atoms with Crippen molar-refractivity contribution in [2.45, 2.75) is 13.2 Å². The Hall–Kier alpha value is -2.39. The third-order valence-corrected chi connectivity index (χ3v) is 4.78. The molecule has 3 rings (SSSR count). The molecule has 8 nitrogen and oxygen atoms in total. The van der Waals surface area contributed by atoms with Crippen molar-refractivity contribution in [3.8, 4) is 5.75 Å². The summed E-state index contributed by atoms with van der Waals surface area (Å²) in [5.74, 6) is 0.304. The highest BCUT2D eigenvalue weighted by atomic mass is 35.5. The van der Waals surface area contributed by atoms with Gasteiger partial charge in [0.15, 0.2) is 6.79 Å². The molecule has 0 unspecified atom stereocenters. The van der Waals surface area contributed by atoms with Crippen LogP contribution in [-0.4, -0.2) is 36.1 Å². The van der Waals surface area contributed by atoms with Gasteiger partial charge in [-0.1, -0.05) is 23.2 Å². The Morgan fingerprint density at radius 1 is 1.29 bits per heavy atom. The number of ether oxygens (including phenoxy) is 2. The standard InChI is InChI=1S/C18H17Cl2N3O5/c1-22(8-17(24)21-13-2-3-15(19)16(20)6-13)7-11-4-14(23(25)26)5-12-9-27-10-28-18(11)12/h2-6H,7-10H2,1H3,(H,21,24). The molecule has 0 radical (unpaired) electrons. The average molecular weight is 426 g/mol. The zero-order chi connectivity index (χ0) is 20.3. The van der Waals surface area contributed by atoms with E-state index >= 15 is 0 Å². The van der Waals surface area contributed by atoms with Gasteiger partial charge < -0.3 is 14.8 Å². The summed E-state index contributed by atoms with van der Waals surface area (Å²) in [6.45, 7) is 0.678. The minimum Gasteiger partial charge on any atom is -0.467 e. The number of nitro groups is 1. The van der Waals surface area contributed by atoms with Gasteiger partial charge in [-0.15, -0.1) is 0 Å². The maximum Gasteiger partial charge on any atom is 0.270 e. The van der Waals surface area contributed by atoms with Gasteiger partial charge in [0.2, 0.25) is 5.91 Å². The lowest BCUT2D eigenvalue weighted by atomic mass is 10.1.